The third-order valence-electron chi connectivity index (χ3n) is 2.31. The van der Waals surface area contributed by atoms with E-state index >= 15 is 0 Å². The Morgan fingerprint density at radius 1 is 1.47 bits per heavy atom. The van der Waals surface area contributed by atoms with Crippen molar-refractivity contribution in [2.75, 3.05) is 5.75 Å². The van der Waals surface area contributed by atoms with E-state index in [1.54, 1.807) is 12.1 Å². The predicted molar refractivity (Wildman–Crippen MR) is 72.3 cm³/mol. The third kappa shape index (κ3) is 3.24. The zero-order valence-corrected chi connectivity index (χ0v) is 11.6. The summed E-state index contributed by atoms with van der Waals surface area (Å²) < 4.78 is 1.82. The van der Waals surface area contributed by atoms with Gasteiger partial charge in [0.05, 0.1) is 10.8 Å². The quantitative estimate of drug-likeness (QED) is 0.852. The molecule has 0 aromatic carbocycles. The van der Waals surface area contributed by atoms with Crippen LogP contribution in [0.3, 0.4) is 0 Å². The van der Waals surface area contributed by atoms with E-state index in [1.165, 1.54) is 6.20 Å². The normalized spacial score (nSPS) is 10.6. The molecule has 0 radical (unpaired) electrons. The molecule has 2 heterocycles. The minimum atomic E-state index is -0.887. The molecule has 0 bridgehead atoms. The van der Waals surface area contributed by atoms with Crippen LogP contribution in [0.15, 0.2) is 23.5 Å². The van der Waals surface area contributed by atoms with E-state index in [0.29, 0.717) is 28.2 Å². The molecule has 19 heavy (non-hydrogen) atoms. The smallest absolute Gasteiger partial charge is 0.313 e. The fourth-order valence-corrected chi connectivity index (χ4v) is 2.34. The Kier molecular flexibility index (Phi) is 4.39. The molecule has 100 valence electrons. The highest BCUT2D eigenvalue weighted by Gasteiger charge is 2.14. The number of nitrogens with zero attached hydrogens (tertiary/aromatic N) is 4. The fraction of sp³-hybridized carbons (Fsp3) is 0.273. The summed E-state index contributed by atoms with van der Waals surface area (Å²) >= 11 is 6.92. The first-order chi connectivity index (χ1) is 9.11. The second kappa shape index (κ2) is 6.03. The molecule has 0 amide bonds. The molecule has 6 nitrogen and oxygen atoms in total. The highest BCUT2D eigenvalue weighted by molar-refractivity contribution is 7.99. The van der Waals surface area contributed by atoms with Crippen LogP contribution in [0, 0.1) is 0 Å². The van der Waals surface area contributed by atoms with Crippen molar-refractivity contribution in [3.63, 3.8) is 0 Å². The van der Waals surface area contributed by atoms with Crippen molar-refractivity contribution in [3.8, 4) is 11.5 Å². The van der Waals surface area contributed by atoms with E-state index < -0.39 is 5.97 Å². The molecule has 0 aliphatic rings. The maximum atomic E-state index is 10.6. The van der Waals surface area contributed by atoms with Crippen LogP contribution in [0.1, 0.15) is 6.92 Å². The number of carboxylic acid groups (broad SMARTS) is 1. The molecule has 8 heteroatoms. The molecular formula is C11H11ClN4O2S. The Morgan fingerprint density at radius 2 is 2.26 bits per heavy atom. The lowest BCUT2D eigenvalue weighted by Gasteiger charge is -2.05. The Labute approximate surface area is 118 Å². The number of aliphatic carboxylic acids is 1. The van der Waals surface area contributed by atoms with Gasteiger partial charge < -0.3 is 9.67 Å². The number of carboxylic acids is 1. The van der Waals surface area contributed by atoms with Crippen LogP contribution < -0.4 is 0 Å². The van der Waals surface area contributed by atoms with Crippen LogP contribution in [0.5, 0.6) is 0 Å². The van der Waals surface area contributed by atoms with Gasteiger partial charge >= 0.3 is 5.97 Å². The number of rotatable bonds is 5. The number of pyridine rings is 1. The summed E-state index contributed by atoms with van der Waals surface area (Å²) in [6, 6.07) is 3.48. The van der Waals surface area contributed by atoms with Crippen LogP contribution in [0.4, 0.5) is 0 Å². The van der Waals surface area contributed by atoms with Gasteiger partial charge in [0, 0.05) is 12.7 Å². The summed E-state index contributed by atoms with van der Waals surface area (Å²) in [4.78, 5) is 14.8. The van der Waals surface area contributed by atoms with E-state index in [4.69, 9.17) is 16.7 Å². The fourth-order valence-electron chi connectivity index (χ4n) is 1.50. The number of thioether (sulfide) groups is 1. The maximum Gasteiger partial charge on any atom is 0.313 e. The van der Waals surface area contributed by atoms with E-state index in [1.807, 2.05) is 11.5 Å². The zero-order chi connectivity index (χ0) is 13.8. The van der Waals surface area contributed by atoms with Gasteiger partial charge in [-0.2, -0.15) is 0 Å². The highest BCUT2D eigenvalue weighted by atomic mass is 35.5. The molecule has 0 aliphatic carbocycles. The summed E-state index contributed by atoms with van der Waals surface area (Å²) in [6.07, 6.45) is 1.54. The standard InChI is InChI=1S/C11H11ClN4O2S/c1-2-16-10(8-4-3-7(12)5-13-8)14-15-11(16)19-6-9(17)18/h3-5H,2,6H2,1H3,(H,17,18). The second-order valence-corrected chi connectivity index (χ2v) is 4.97. The largest absolute Gasteiger partial charge is 0.481 e. The van der Waals surface area contributed by atoms with E-state index in [9.17, 15) is 4.79 Å². The van der Waals surface area contributed by atoms with Gasteiger partial charge in [-0.1, -0.05) is 23.4 Å². The first kappa shape index (κ1) is 13.8. The maximum absolute atomic E-state index is 10.6. The first-order valence-corrected chi connectivity index (χ1v) is 6.88. The number of carbonyl (C=O) groups is 1. The summed E-state index contributed by atoms with van der Waals surface area (Å²) in [5, 5.41) is 17.9. The molecule has 0 atom stereocenters. The summed E-state index contributed by atoms with van der Waals surface area (Å²) in [7, 11) is 0. The molecule has 2 rings (SSSR count). The first-order valence-electron chi connectivity index (χ1n) is 5.51. The molecule has 0 saturated carbocycles. The van der Waals surface area contributed by atoms with Crippen molar-refractivity contribution < 1.29 is 9.90 Å². The Hall–Kier alpha value is -1.60. The zero-order valence-electron chi connectivity index (χ0n) is 10.1. The number of hydrogen-bond acceptors (Lipinski definition) is 5. The predicted octanol–water partition coefficient (Wildman–Crippen LogP) is 2.19. The van der Waals surface area contributed by atoms with Gasteiger partial charge in [-0.3, -0.25) is 9.78 Å². The van der Waals surface area contributed by atoms with Crippen LogP contribution >= 0.6 is 23.4 Å². The molecular weight excluding hydrogens is 288 g/mol. The lowest BCUT2D eigenvalue weighted by atomic mass is 10.3. The van der Waals surface area contributed by atoms with Gasteiger partial charge in [0.15, 0.2) is 11.0 Å². The average Bonchev–Trinajstić information content (AvgIpc) is 2.80. The van der Waals surface area contributed by atoms with Gasteiger partial charge in [0.2, 0.25) is 0 Å². The van der Waals surface area contributed by atoms with Gasteiger partial charge in [0.25, 0.3) is 0 Å². The highest BCUT2D eigenvalue weighted by Crippen LogP contribution is 2.23. The molecule has 2 aromatic heterocycles. The van der Waals surface area contributed by atoms with E-state index in [-0.39, 0.29) is 5.75 Å². The molecule has 2 aromatic rings. The van der Waals surface area contributed by atoms with Gasteiger partial charge in [0.1, 0.15) is 5.69 Å². The third-order valence-corrected chi connectivity index (χ3v) is 3.49. The van der Waals surface area contributed by atoms with Gasteiger partial charge in [-0.15, -0.1) is 10.2 Å². The van der Waals surface area contributed by atoms with Crippen molar-refractivity contribution >= 4 is 29.3 Å². The van der Waals surface area contributed by atoms with Crippen molar-refractivity contribution in [3.05, 3.63) is 23.4 Å². The van der Waals surface area contributed by atoms with Crippen LogP contribution in [0.25, 0.3) is 11.5 Å². The monoisotopic (exact) mass is 298 g/mol. The number of hydrogen-bond donors (Lipinski definition) is 1. The van der Waals surface area contributed by atoms with Gasteiger partial charge in [-0.25, -0.2) is 0 Å². The average molecular weight is 299 g/mol. The summed E-state index contributed by atoms with van der Waals surface area (Å²) in [5.74, 6) is -0.333. The van der Waals surface area contributed by atoms with E-state index in [2.05, 4.69) is 15.2 Å². The second-order valence-electron chi connectivity index (χ2n) is 3.59. The molecule has 0 aliphatic heterocycles. The topological polar surface area (TPSA) is 80.9 Å². The molecule has 0 fully saturated rings. The number of halogens is 1. The van der Waals surface area contributed by atoms with Crippen LogP contribution in [-0.4, -0.2) is 36.6 Å². The lowest BCUT2D eigenvalue weighted by molar-refractivity contribution is -0.133. The van der Waals surface area contributed by atoms with Crippen molar-refractivity contribution in [1.82, 2.24) is 19.7 Å². The molecule has 0 unspecified atom stereocenters. The Bertz CT molecular complexity index is 585. The van der Waals surface area contributed by atoms with Crippen molar-refractivity contribution in [1.29, 1.82) is 0 Å². The summed E-state index contributed by atoms with van der Waals surface area (Å²) in [6.45, 7) is 2.57. The molecule has 0 spiro atoms. The molecule has 0 saturated heterocycles. The SMILES string of the molecule is CCn1c(SCC(=O)O)nnc1-c1ccc(Cl)cn1. The number of aromatic nitrogens is 4. The minimum absolute atomic E-state index is 0.0494. The molecule has 1 N–H and O–H groups in total. The van der Waals surface area contributed by atoms with Crippen molar-refractivity contribution in [2.24, 2.45) is 0 Å². The van der Waals surface area contributed by atoms with Gasteiger partial charge in [-0.05, 0) is 19.1 Å². The summed E-state index contributed by atoms with van der Waals surface area (Å²) in [5.41, 5.74) is 0.654. The van der Waals surface area contributed by atoms with Crippen molar-refractivity contribution in [2.45, 2.75) is 18.6 Å². The van der Waals surface area contributed by atoms with Crippen LogP contribution in [0.2, 0.25) is 5.02 Å². The lowest BCUT2D eigenvalue weighted by Crippen LogP contribution is -2.03. The minimum Gasteiger partial charge on any atom is -0.481 e. The van der Waals surface area contributed by atoms with E-state index in [0.717, 1.165) is 11.8 Å². The van der Waals surface area contributed by atoms with Crippen LogP contribution in [-0.2, 0) is 11.3 Å². The Morgan fingerprint density at radius 3 is 2.84 bits per heavy atom. The Balaban J connectivity index is 2.31.